The molecule has 0 spiro atoms. The number of nitrogens with zero attached hydrogens (tertiary/aromatic N) is 2. The van der Waals surface area contributed by atoms with Crippen molar-refractivity contribution in [2.75, 3.05) is 5.43 Å². The molecule has 0 unspecified atom stereocenters. The zero-order valence-corrected chi connectivity index (χ0v) is 16.8. The number of benzene rings is 2. The summed E-state index contributed by atoms with van der Waals surface area (Å²) in [6.07, 6.45) is 0. The molecule has 0 radical (unpaired) electrons. The molecule has 4 rings (SSSR count). The second-order valence-corrected chi connectivity index (χ2v) is 7.04. The number of hydrogen-bond acceptors (Lipinski definition) is 5. The highest BCUT2D eigenvalue weighted by Gasteiger charge is 2.20. The maximum Gasteiger partial charge on any atom is 0.305 e. The topological polar surface area (TPSA) is 89.2 Å². The van der Waals surface area contributed by atoms with Crippen LogP contribution in [0, 0.1) is 20.8 Å². The lowest BCUT2D eigenvalue weighted by atomic mass is 10.0. The molecule has 0 aliphatic carbocycles. The van der Waals surface area contributed by atoms with Crippen LogP contribution < -0.4 is 16.4 Å². The zero-order valence-electron chi connectivity index (χ0n) is 16.8. The molecule has 1 amide bonds. The Morgan fingerprint density at radius 1 is 1.10 bits per heavy atom. The first-order chi connectivity index (χ1) is 13.9. The number of nitrogens with one attached hydrogen (secondary N) is 2. The van der Waals surface area contributed by atoms with Gasteiger partial charge in [-0.3, -0.25) is 25.0 Å². The van der Waals surface area contributed by atoms with Crippen LogP contribution in [-0.2, 0) is 6.54 Å². The quantitative estimate of drug-likeness (QED) is 0.517. The number of carbonyl (C=O) groups excluding carboxylic acids is 1. The third-order valence-corrected chi connectivity index (χ3v) is 5.15. The summed E-state index contributed by atoms with van der Waals surface area (Å²) in [6.45, 7) is 8.06. The van der Waals surface area contributed by atoms with E-state index in [1.54, 1.807) is 18.2 Å². The number of para-hydroxylation sites is 1. The van der Waals surface area contributed by atoms with E-state index in [4.69, 9.17) is 4.42 Å². The Morgan fingerprint density at radius 3 is 2.55 bits per heavy atom. The summed E-state index contributed by atoms with van der Waals surface area (Å²) in [5.74, 6) is 0.0734. The number of rotatable bonds is 4. The molecule has 0 fully saturated rings. The fraction of sp³-hybridized carbons (Fsp3) is 0.227. The monoisotopic (exact) mass is 390 g/mol. The van der Waals surface area contributed by atoms with Crippen molar-refractivity contribution in [3.8, 4) is 0 Å². The van der Waals surface area contributed by atoms with Gasteiger partial charge in [-0.2, -0.15) is 0 Å². The first-order valence-corrected chi connectivity index (χ1v) is 9.47. The van der Waals surface area contributed by atoms with E-state index in [0.717, 1.165) is 22.1 Å². The third-order valence-electron chi connectivity index (χ3n) is 5.15. The van der Waals surface area contributed by atoms with E-state index in [-0.39, 0.29) is 17.3 Å². The van der Waals surface area contributed by atoms with Crippen molar-refractivity contribution in [2.24, 2.45) is 0 Å². The van der Waals surface area contributed by atoms with Gasteiger partial charge in [0.2, 0.25) is 5.95 Å². The summed E-state index contributed by atoms with van der Waals surface area (Å²) in [6, 6.07) is 11.1. The Kier molecular flexibility index (Phi) is 4.58. The van der Waals surface area contributed by atoms with Crippen molar-refractivity contribution in [1.82, 2.24) is 15.0 Å². The smallest absolute Gasteiger partial charge is 0.305 e. The lowest BCUT2D eigenvalue weighted by molar-refractivity contribution is 0.0936. The number of carbonyl (C=O) groups is 1. The predicted molar refractivity (Wildman–Crippen MR) is 113 cm³/mol. The summed E-state index contributed by atoms with van der Waals surface area (Å²) in [5.41, 5.74) is 9.31. The molecular formula is C22H22N4O3. The third kappa shape index (κ3) is 3.04. The SMILES string of the molecule is CCn1c(NNC(=O)c2oc3c(C)ccc(C)c3c2C)nc2ccccc2c1=O. The lowest BCUT2D eigenvalue weighted by Gasteiger charge is -2.13. The molecule has 0 aliphatic rings. The van der Waals surface area contributed by atoms with Gasteiger partial charge in [-0.25, -0.2) is 4.98 Å². The minimum Gasteiger partial charge on any atom is -0.450 e. The van der Waals surface area contributed by atoms with Crippen molar-refractivity contribution in [3.63, 3.8) is 0 Å². The number of aromatic nitrogens is 2. The van der Waals surface area contributed by atoms with Gasteiger partial charge in [0.15, 0.2) is 5.76 Å². The lowest BCUT2D eigenvalue weighted by Crippen LogP contribution is -2.34. The maximum absolute atomic E-state index is 12.8. The molecule has 4 aromatic rings. The number of fused-ring (bicyclic) bond motifs is 2. The standard InChI is InChI=1S/C22H22N4O3/c1-5-26-21(28)15-8-6-7-9-16(15)23-22(26)25-24-20(27)19-14(4)17-12(2)10-11-13(3)18(17)29-19/h6-11H,5H2,1-4H3,(H,23,25)(H,24,27). The van der Waals surface area contributed by atoms with E-state index in [1.807, 2.05) is 45.9 Å². The molecule has 2 aromatic heterocycles. The van der Waals surface area contributed by atoms with Crippen molar-refractivity contribution in [1.29, 1.82) is 0 Å². The van der Waals surface area contributed by atoms with Crippen LogP contribution in [0.1, 0.15) is 34.2 Å². The maximum atomic E-state index is 12.8. The largest absolute Gasteiger partial charge is 0.450 e. The Bertz CT molecular complexity index is 1320. The minimum atomic E-state index is -0.428. The summed E-state index contributed by atoms with van der Waals surface area (Å²) in [4.78, 5) is 30.0. The van der Waals surface area contributed by atoms with E-state index in [2.05, 4.69) is 15.8 Å². The number of furan rings is 1. The van der Waals surface area contributed by atoms with Crippen LogP contribution in [0.5, 0.6) is 0 Å². The van der Waals surface area contributed by atoms with Crippen LogP contribution in [0.25, 0.3) is 21.9 Å². The summed E-state index contributed by atoms with van der Waals surface area (Å²) >= 11 is 0. The highest BCUT2D eigenvalue weighted by Crippen LogP contribution is 2.30. The molecule has 0 bridgehead atoms. The fourth-order valence-electron chi connectivity index (χ4n) is 3.62. The molecule has 29 heavy (non-hydrogen) atoms. The number of aryl methyl sites for hydroxylation is 3. The summed E-state index contributed by atoms with van der Waals surface area (Å²) < 4.78 is 7.34. The van der Waals surface area contributed by atoms with E-state index in [9.17, 15) is 9.59 Å². The van der Waals surface area contributed by atoms with Crippen molar-refractivity contribution in [2.45, 2.75) is 34.2 Å². The zero-order chi connectivity index (χ0) is 20.7. The normalized spacial score (nSPS) is 11.2. The first-order valence-electron chi connectivity index (χ1n) is 9.47. The van der Waals surface area contributed by atoms with Gasteiger partial charge < -0.3 is 4.42 Å². The van der Waals surface area contributed by atoms with Gasteiger partial charge in [0, 0.05) is 17.5 Å². The van der Waals surface area contributed by atoms with Gasteiger partial charge in [-0.05, 0) is 51.0 Å². The predicted octanol–water partition coefficient (Wildman–Crippen LogP) is 3.84. The number of hydrogen-bond donors (Lipinski definition) is 2. The van der Waals surface area contributed by atoms with Crippen molar-refractivity contribution in [3.05, 3.63) is 69.2 Å². The Morgan fingerprint density at radius 2 is 1.83 bits per heavy atom. The van der Waals surface area contributed by atoms with Crippen LogP contribution in [0.15, 0.2) is 45.6 Å². The van der Waals surface area contributed by atoms with E-state index >= 15 is 0 Å². The van der Waals surface area contributed by atoms with Gasteiger partial charge >= 0.3 is 5.91 Å². The van der Waals surface area contributed by atoms with Gasteiger partial charge in [-0.15, -0.1) is 0 Å². The Labute approximate surface area is 167 Å². The molecule has 0 saturated carbocycles. The summed E-state index contributed by atoms with van der Waals surface area (Å²) in [7, 11) is 0. The molecular weight excluding hydrogens is 368 g/mol. The molecule has 2 N–H and O–H groups in total. The van der Waals surface area contributed by atoms with Gasteiger partial charge in [0.1, 0.15) is 5.58 Å². The van der Waals surface area contributed by atoms with Gasteiger partial charge in [0.05, 0.1) is 10.9 Å². The highest BCUT2D eigenvalue weighted by molar-refractivity contribution is 6.00. The number of amides is 1. The molecule has 7 nitrogen and oxygen atoms in total. The first kappa shape index (κ1) is 18.7. The van der Waals surface area contributed by atoms with Crippen LogP contribution in [0.3, 0.4) is 0 Å². The van der Waals surface area contributed by atoms with E-state index in [0.29, 0.717) is 23.0 Å². The molecule has 2 heterocycles. The molecule has 7 heteroatoms. The molecule has 2 aromatic carbocycles. The van der Waals surface area contributed by atoms with E-state index < -0.39 is 5.91 Å². The van der Waals surface area contributed by atoms with Crippen LogP contribution in [-0.4, -0.2) is 15.5 Å². The van der Waals surface area contributed by atoms with Crippen LogP contribution >= 0.6 is 0 Å². The number of hydrazine groups is 1. The summed E-state index contributed by atoms with van der Waals surface area (Å²) in [5, 5.41) is 1.48. The Hall–Kier alpha value is -3.61. The molecule has 148 valence electrons. The average molecular weight is 390 g/mol. The van der Waals surface area contributed by atoms with Crippen LogP contribution in [0.2, 0.25) is 0 Å². The minimum absolute atomic E-state index is 0.166. The van der Waals surface area contributed by atoms with Gasteiger partial charge in [0.25, 0.3) is 5.56 Å². The second-order valence-electron chi connectivity index (χ2n) is 7.04. The molecule has 0 aliphatic heterocycles. The van der Waals surface area contributed by atoms with Crippen molar-refractivity contribution < 1.29 is 9.21 Å². The fourth-order valence-corrected chi connectivity index (χ4v) is 3.62. The van der Waals surface area contributed by atoms with Crippen LogP contribution in [0.4, 0.5) is 5.95 Å². The second kappa shape index (κ2) is 7.09. The highest BCUT2D eigenvalue weighted by atomic mass is 16.3. The van der Waals surface area contributed by atoms with Gasteiger partial charge in [-0.1, -0.05) is 24.3 Å². The van der Waals surface area contributed by atoms with E-state index in [1.165, 1.54) is 4.57 Å². The van der Waals surface area contributed by atoms with Crippen molar-refractivity contribution >= 4 is 33.7 Å². The average Bonchev–Trinajstić information content (AvgIpc) is 3.08. The molecule has 0 saturated heterocycles. The Balaban J connectivity index is 1.68. The molecule has 0 atom stereocenters. The number of anilines is 1.